The number of rotatable bonds is 10. The average Bonchev–Trinajstić information content (AvgIpc) is 3.64. The quantitative estimate of drug-likeness (QED) is 0.172. The Morgan fingerprint density at radius 3 is 2.63 bits per heavy atom. The number of nitrogens with zero attached hydrogens (tertiary/aromatic N) is 5. The lowest BCUT2D eigenvalue weighted by atomic mass is 10.1. The number of carbonyl (C=O) groups excluding carboxylic acids is 2. The van der Waals surface area contributed by atoms with Crippen LogP contribution in [0.4, 0.5) is 25.0 Å². The first-order chi connectivity index (χ1) is 22.0. The zero-order valence-electron chi connectivity index (χ0n) is 24.1. The highest BCUT2D eigenvalue weighted by atomic mass is 35.6. The third-order valence-electron chi connectivity index (χ3n) is 6.38. The van der Waals surface area contributed by atoms with E-state index in [9.17, 15) is 14.0 Å². The lowest BCUT2D eigenvalue weighted by molar-refractivity contribution is -0.115. The van der Waals surface area contributed by atoms with Crippen LogP contribution in [-0.2, 0) is 16.1 Å². The van der Waals surface area contributed by atoms with Crippen molar-refractivity contribution in [3.8, 4) is 22.8 Å². The molecule has 1 aromatic heterocycles. The van der Waals surface area contributed by atoms with Crippen molar-refractivity contribution in [2.45, 2.75) is 17.3 Å². The minimum atomic E-state index is -1.61. The van der Waals surface area contributed by atoms with Crippen LogP contribution in [0, 0.1) is 12.7 Å². The molecule has 3 aromatic carbocycles. The summed E-state index contributed by atoms with van der Waals surface area (Å²) >= 11 is 18.4. The van der Waals surface area contributed by atoms with E-state index < -0.39 is 22.3 Å². The highest BCUT2D eigenvalue weighted by Crippen LogP contribution is 2.33. The molecular formula is C30H25Cl3F2N6O4S. The van der Waals surface area contributed by atoms with Crippen molar-refractivity contribution in [3.63, 3.8) is 0 Å². The molecule has 0 spiro atoms. The normalized spacial score (nSPS) is 14.3. The number of urea groups is 1. The number of thioether (sulfide) groups is 1. The number of amides is 3. The second-order valence-electron chi connectivity index (χ2n) is 9.82. The van der Waals surface area contributed by atoms with Gasteiger partial charge in [0.05, 0.1) is 36.0 Å². The molecule has 2 heterocycles. The van der Waals surface area contributed by atoms with Gasteiger partial charge in [-0.15, -0.1) is 5.10 Å². The maximum absolute atomic E-state index is 15.1. The first-order valence-corrected chi connectivity index (χ1v) is 15.7. The number of aliphatic imine (C=N–C) groups is 1. The van der Waals surface area contributed by atoms with E-state index in [4.69, 9.17) is 44.3 Å². The van der Waals surface area contributed by atoms with Crippen LogP contribution in [0.2, 0.25) is 0 Å². The standard InChI is InChI=1S/C30H25Cl3F2N6O4S/c1-18-2-3-20(14-44-16-30(31,32)33)25(12-18)41-26(42)15-46-29(41)38-28(43)37-24-9-4-19(13-23(24)35)27-36-17-40(39-27)21-5-7-22(8-6-21)45-11-10-34/h2-9,12-13,17H,10-11,14-16H2,1H3,(H,37,43)/b38-29-. The van der Waals surface area contributed by atoms with Crippen molar-refractivity contribution in [1.29, 1.82) is 0 Å². The van der Waals surface area contributed by atoms with Crippen molar-refractivity contribution < 1.29 is 27.8 Å². The molecule has 0 unspecified atom stereocenters. The van der Waals surface area contributed by atoms with Gasteiger partial charge in [0.25, 0.3) is 0 Å². The number of halogens is 5. The Labute approximate surface area is 281 Å². The molecule has 1 aliphatic rings. The van der Waals surface area contributed by atoms with E-state index in [0.29, 0.717) is 28.3 Å². The zero-order valence-corrected chi connectivity index (χ0v) is 27.1. The van der Waals surface area contributed by atoms with Gasteiger partial charge in [0, 0.05) is 11.1 Å². The van der Waals surface area contributed by atoms with Gasteiger partial charge in [-0.3, -0.25) is 9.69 Å². The van der Waals surface area contributed by atoms with E-state index in [-0.39, 0.29) is 48.2 Å². The lowest BCUT2D eigenvalue weighted by Gasteiger charge is -2.21. The van der Waals surface area contributed by atoms with Gasteiger partial charge in [0.2, 0.25) is 9.70 Å². The number of anilines is 2. The first kappa shape index (κ1) is 33.6. The van der Waals surface area contributed by atoms with Crippen molar-refractivity contribution in [2.24, 2.45) is 4.99 Å². The zero-order chi connectivity index (χ0) is 32.8. The summed E-state index contributed by atoms with van der Waals surface area (Å²) in [5, 5.41) is 6.93. The molecule has 5 rings (SSSR count). The number of hydrogen-bond donors (Lipinski definition) is 1. The van der Waals surface area contributed by atoms with Gasteiger partial charge in [-0.25, -0.2) is 23.2 Å². The van der Waals surface area contributed by atoms with Crippen LogP contribution < -0.4 is 15.0 Å². The smallest absolute Gasteiger partial charge is 0.347 e. The summed E-state index contributed by atoms with van der Waals surface area (Å²) in [5.74, 6) is -0.225. The lowest BCUT2D eigenvalue weighted by Crippen LogP contribution is -2.31. The molecule has 0 bridgehead atoms. The molecule has 10 nitrogen and oxygen atoms in total. The molecule has 16 heteroatoms. The van der Waals surface area contributed by atoms with Gasteiger partial charge < -0.3 is 14.8 Å². The Balaban J connectivity index is 1.29. The molecule has 0 saturated carbocycles. The number of amidine groups is 1. The van der Waals surface area contributed by atoms with Crippen LogP contribution in [0.15, 0.2) is 72.0 Å². The van der Waals surface area contributed by atoms with Gasteiger partial charge in [0.15, 0.2) is 11.0 Å². The topological polar surface area (TPSA) is 111 Å². The molecule has 1 fully saturated rings. The van der Waals surface area contributed by atoms with Crippen LogP contribution >= 0.6 is 46.6 Å². The van der Waals surface area contributed by atoms with Crippen molar-refractivity contribution in [2.75, 3.05) is 35.9 Å². The molecule has 0 atom stereocenters. The number of hydrogen-bond acceptors (Lipinski definition) is 7. The highest BCUT2D eigenvalue weighted by molar-refractivity contribution is 8.15. The summed E-state index contributed by atoms with van der Waals surface area (Å²) < 4.78 is 38.1. The largest absolute Gasteiger partial charge is 0.491 e. The fourth-order valence-corrected chi connectivity index (χ4v) is 5.41. The summed E-state index contributed by atoms with van der Waals surface area (Å²) in [6.45, 7) is 1.08. The second kappa shape index (κ2) is 14.8. The summed E-state index contributed by atoms with van der Waals surface area (Å²) in [7, 11) is 0. The molecule has 1 aliphatic heterocycles. The Morgan fingerprint density at radius 1 is 1.13 bits per heavy atom. The fourth-order valence-electron chi connectivity index (χ4n) is 4.32. The minimum Gasteiger partial charge on any atom is -0.491 e. The van der Waals surface area contributed by atoms with E-state index in [1.54, 1.807) is 42.5 Å². The Bertz CT molecular complexity index is 1770. The first-order valence-electron chi connectivity index (χ1n) is 13.6. The number of carbonyl (C=O) groups is 2. The van der Waals surface area contributed by atoms with Crippen LogP contribution in [0.3, 0.4) is 0 Å². The van der Waals surface area contributed by atoms with Crippen LogP contribution in [-0.4, -0.2) is 61.3 Å². The van der Waals surface area contributed by atoms with Crippen molar-refractivity contribution in [1.82, 2.24) is 14.8 Å². The monoisotopic (exact) mass is 708 g/mol. The molecule has 240 valence electrons. The summed E-state index contributed by atoms with van der Waals surface area (Å²) in [6, 6.07) is 15.4. The van der Waals surface area contributed by atoms with Gasteiger partial charge in [-0.05, 0) is 61.0 Å². The summed E-state index contributed by atoms with van der Waals surface area (Å²) in [4.78, 5) is 35.4. The Morgan fingerprint density at radius 2 is 1.91 bits per heavy atom. The van der Waals surface area contributed by atoms with Crippen LogP contribution in [0.5, 0.6) is 5.75 Å². The summed E-state index contributed by atoms with van der Waals surface area (Å²) in [5.41, 5.74) is 2.85. The third kappa shape index (κ3) is 8.53. The average molecular weight is 710 g/mol. The number of aromatic nitrogens is 3. The highest BCUT2D eigenvalue weighted by Gasteiger charge is 2.32. The SMILES string of the molecule is Cc1ccc(COCC(Cl)(Cl)Cl)c(N2C(=O)CS/C2=N\C(=O)Nc2ccc(-c3ncn(-c4ccc(OCCF)cc4)n3)cc2F)c1. The van der Waals surface area contributed by atoms with E-state index in [0.717, 1.165) is 17.3 Å². The molecule has 46 heavy (non-hydrogen) atoms. The molecule has 4 aromatic rings. The van der Waals surface area contributed by atoms with Crippen molar-refractivity contribution in [3.05, 3.63) is 83.9 Å². The van der Waals surface area contributed by atoms with Gasteiger partial charge in [0.1, 0.15) is 31.2 Å². The van der Waals surface area contributed by atoms with E-state index in [2.05, 4.69) is 20.4 Å². The summed E-state index contributed by atoms with van der Waals surface area (Å²) in [6.07, 6.45) is 1.47. The molecule has 3 amide bonds. The fraction of sp³-hybridized carbons (Fsp3) is 0.233. The Kier molecular flexibility index (Phi) is 10.8. The van der Waals surface area contributed by atoms with E-state index in [1.807, 2.05) is 13.0 Å². The minimum absolute atomic E-state index is 0.0327. The number of nitrogens with one attached hydrogen (secondary N) is 1. The van der Waals surface area contributed by atoms with Gasteiger partial charge >= 0.3 is 6.03 Å². The second-order valence-corrected chi connectivity index (χ2v) is 13.3. The molecule has 0 radical (unpaired) electrons. The maximum atomic E-state index is 15.1. The molecule has 0 aliphatic carbocycles. The number of benzene rings is 3. The number of alkyl halides is 4. The van der Waals surface area contributed by atoms with E-state index in [1.165, 1.54) is 28.0 Å². The number of ether oxygens (including phenoxy) is 2. The molecule has 1 N–H and O–H groups in total. The van der Waals surface area contributed by atoms with Crippen LogP contribution in [0.25, 0.3) is 17.1 Å². The molecule has 1 saturated heterocycles. The molecular weight excluding hydrogens is 685 g/mol. The van der Waals surface area contributed by atoms with E-state index >= 15 is 4.39 Å². The van der Waals surface area contributed by atoms with Gasteiger partial charge in [-0.2, -0.15) is 4.99 Å². The predicted molar refractivity (Wildman–Crippen MR) is 176 cm³/mol. The van der Waals surface area contributed by atoms with Crippen LogP contribution in [0.1, 0.15) is 11.1 Å². The van der Waals surface area contributed by atoms with Gasteiger partial charge in [-0.1, -0.05) is 58.7 Å². The predicted octanol–water partition coefficient (Wildman–Crippen LogP) is 7.28. The number of aryl methyl sites for hydroxylation is 1. The Hall–Kier alpha value is -3.75. The third-order valence-corrected chi connectivity index (χ3v) is 7.63. The van der Waals surface area contributed by atoms with Crippen molar-refractivity contribution >= 4 is 75.0 Å². The maximum Gasteiger partial charge on any atom is 0.347 e.